The second kappa shape index (κ2) is 7.28. The van der Waals surface area contributed by atoms with Crippen molar-refractivity contribution in [2.24, 2.45) is 17.6 Å². The number of nitrogens with two attached hydrogens (primary N) is 1. The Labute approximate surface area is 117 Å². The maximum Gasteiger partial charge on any atom is 0.350 e. The minimum absolute atomic E-state index is 0.0691. The van der Waals surface area contributed by atoms with Crippen molar-refractivity contribution in [1.82, 2.24) is 9.62 Å². The van der Waals surface area contributed by atoms with Crippen LogP contribution in [-0.2, 0) is 14.8 Å². The van der Waals surface area contributed by atoms with Gasteiger partial charge in [0.25, 0.3) is 10.0 Å². The van der Waals surface area contributed by atoms with Gasteiger partial charge in [0, 0.05) is 32.1 Å². The Morgan fingerprint density at radius 2 is 1.95 bits per heavy atom. The lowest BCUT2D eigenvalue weighted by atomic mass is 9.98. The Morgan fingerprint density at radius 3 is 2.40 bits per heavy atom. The summed E-state index contributed by atoms with van der Waals surface area (Å²) < 4.78 is 48.1. The van der Waals surface area contributed by atoms with Crippen molar-refractivity contribution < 1.29 is 22.0 Å². The Morgan fingerprint density at radius 1 is 1.40 bits per heavy atom. The van der Waals surface area contributed by atoms with E-state index in [1.165, 1.54) is 0 Å². The van der Waals surface area contributed by atoms with Gasteiger partial charge < -0.3 is 11.1 Å². The summed E-state index contributed by atoms with van der Waals surface area (Å²) in [5, 5.41) is 2.74. The van der Waals surface area contributed by atoms with E-state index in [4.69, 9.17) is 5.73 Å². The molecule has 0 aromatic heterocycles. The Hall–Kier alpha value is -0.800. The maximum atomic E-state index is 12.4. The molecule has 1 aliphatic heterocycles. The predicted molar refractivity (Wildman–Crippen MR) is 70.4 cm³/mol. The maximum absolute atomic E-state index is 12.4. The lowest BCUT2D eigenvalue weighted by Gasteiger charge is -2.31. The molecule has 1 unspecified atom stereocenters. The molecule has 0 saturated carbocycles. The van der Waals surface area contributed by atoms with Crippen molar-refractivity contribution >= 4 is 15.9 Å². The number of carbonyl (C=O) groups is 1. The van der Waals surface area contributed by atoms with Crippen molar-refractivity contribution in [3.63, 3.8) is 0 Å². The monoisotopic (exact) mass is 313 g/mol. The first-order valence-corrected chi connectivity index (χ1v) is 8.04. The summed E-state index contributed by atoms with van der Waals surface area (Å²) >= 11 is 0. The molecule has 0 aliphatic carbocycles. The number of halogens is 2. The van der Waals surface area contributed by atoms with Crippen LogP contribution in [0.2, 0.25) is 0 Å². The molecule has 0 radical (unpaired) electrons. The van der Waals surface area contributed by atoms with Crippen LogP contribution >= 0.6 is 0 Å². The van der Waals surface area contributed by atoms with Crippen molar-refractivity contribution in [3.8, 4) is 0 Å². The van der Waals surface area contributed by atoms with E-state index in [0.29, 0.717) is 19.4 Å². The fourth-order valence-electron chi connectivity index (χ4n) is 2.01. The highest BCUT2D eigenvalue weighted by Crippen LogP contribution is 2.22. The van der Waals surface area contributed by atoms with E-state index in [-0.39, 0.29) is 37.4 Å². The first-order chi connectivity index (χ1) is 9.28. The van der Waals surface area contributed by atoms with Crippen molar-refractivity contribution in [3.05, 3.63) is 0 Å². The van der Waals surface area contributed by atoms with Crippen LogP contribution in [0.3, 0.4) is 0 Å². The average Bonchev–Trinajstić information content (AvgIpc) is 2.44. The highest BCUT2D eigenvalue weighted by atomic mass is 32.2. The molecule has 1 saturated heterocycles. The number of sulfonamides is 1. The Kier molecular flexibility index (Phi) is 6.28. The average molecular weight is 313 g/mol. The number of hydrogen-bond acceptors (Lipinski definition) is 4. The highest BCUT2D eigenvalue weighted by molar-refractivity contribution is 7.89. The van der Waals surface area contributed by atoms with Crippen LogP contribution < -0.4 is 11.1 Å². The quantitative estimate of drug-likeness (QED) is 0.720. The summed E-state index contributed by atoms with van der Waals surface area (Å²) in [5.41, 5.74) is 5.37. The van der Waals surface area contributed by atoms with E-state index in [1.807, 2.05) is 0 Å². The van der Waals surface area contributed by atoms with E-state index in [2.05, 4.69) is 5.32 Å². The number of piperidine rings is 1. The molecule has 1 heterocycles. The Bertz CT molecular complexity index is 423. The fourth-order valence-corrected chi connectivity index (χ4v) is 2.95. The van der Waals surface area contributed by atoms with Gasteiger partial charge in [-0.25, -0.2) is 8.42 Å². The molecule has 0 aromatic carbocycles. The molecule has 1 fully saturated rings. The molecule has 0 bridgehead atoms. The molecule has 1 amide bonds. The largest absolute Gasteiger partial charge is 0.356 e. The predicted octanol–water partition coefficient (Wildman–Crippen LogP) is -0.0382. The van der Waals surface area contributed by atoms with Gasteiger partial charge >= 0.3 is 5.76 Å². The van der Waals surface area contributed by atoms with E-state index in [1.54, 1.807) is 6.92 Å². The molecule has 1 aliphatic rings. The molecule has 1 rings (SSSR count). The van der Waals surface area contributed by atoms with Gasteiger partial charge in [0.2, 0.25) is 5.91 Å². The van der Waals surface area contributed by atoms with Gasteiger partial charge in [-0.1, -0.05) is 6.92 Å². The number of nitrogens with zero attached hydrogens (tertiary/aromatic N) is 1. The zero-order valence-electron chi connectivity index (χ0n) is 11.4. The molecule has 0 aromatic rings. The summed E-state index contributed by atoms with van der Waals surface area (Å²) in [6, 6.07) is 0. The molecule has 6 nitrogen and oxygen atoms in total. The second-order valence-electron chi connectivity index (χ2n) is 5.03. The van der Waals surface area contributed by atoms with Crippen molar-refractivity contribution in [2.75, 3.05) is 26.2 Å². The van der Waals surface area contributed by atoms with Crippen LogP contribution in [0.4, 0.5) is 8.78 Å². The second-order valence-corrected chi connectivity index (χ2v) is 6.93. The third-order valence-corrected chi connectivity index (χ3v) is 5.06. The van der Waals surface area contributed by atoms with E-state index >= 15 is 0 Å². The highest BCUT2D eigenvalue weighted by Gasteiger charge is 2.34. The van der Waals surface area contributed by atoms with Crippen LogP contribution in [0.1, 0.15) is 19.8 Å². The molecule has 0 spiro atoms. The van der Waals surface area contributed by atoms with Gasteiger partial charge in [-0.05, 0) is 18.8 Å². The first kappa shape index (κ1) is 17.3. The normalized spacial score (nSPS) is 20.1. The van der Waals surface area contributed by atoms with Gasteiger partial charge in [0.1, 0.15) is 0 Å². The van der Waals surface area contributed by atoms with Crippen molar-refractivity contribution in [1.29, 1.82) is 0 Å². The molecule has 9 heteroatoms. The minimum Gasteiger partial charge on any atom is -0.356 e. The SMILES string of the molecule is CC(CN)C(=O)NCC1CCN(S(=O)(=O)C(F)F)CC1. The number of nitrogens with one attached hydrogen (secondary N) is 1. The van der Waals surface area contributed by atoms with Gasteiger partial charge in [0.15, 0.2) is 0 Å². The van der Waals surface area contributed by atoms with E-state index in [0.717, 1.165) is 4.31 Å². The summed E-state index contributed by atoms with van der Waals surface area (Å²) in [4.78, 5) is 11.5. The molecule has 118 valence electrons. The van der Waals surface area contributed by atoms with Gasteiger partial charge in [-0.3, -0.25) is 4.79 Å². The van der Waals surface area contributed by atoms with Gasteiger partial charge in [-0.2, -0.15) is 13.1 Å². The first-order valence-electron chi connectivity index (χ1n) is 6.54. The van der Waals surface area contributed by atoms with Gasteiger partial charge in [-0.15, -0.1) is 0 Å². The minimum atomic E-state index is -4.48. The van der Waals surface area contributed by atoms with Crippen LogP contribution in [0, 0.1) is 11.8 Å². The van der Waals surface area contributed by atoms with E-state index in [9.17, 15) is 22.0 Å². The lowest BCUT2D eigenvalue weighted by Crippen LogP contribution is -2.44. The topological polar surface area (TPSA) is 92.5 Å². The summed E-state index contributed by atoms with van der Waals surface area (Å²) in [7, 11) is -4.48. The molecule has 20 heavy (non-hydrogen) atoms. The number of rotatable bonds is 6. The molecular weight excluding hydrogens is 292 g/mol. The zero-order chi connectivity index (χ0) is 15.3. The summed E-state index contributed by atoms with van der Waals surface area (Å²) in [6.45, 7) is 2.54. The Balaban J connectivity index is 2.38. The lowest BCUT2D eigenvalue weighted by molar-refractivity contribution is -0.124. The number of hydrogen-bond donors (Lipinski definition) is 2. The molecule has 3 N–H and O–H groups in total. The van der Waals surface area contributed by atoms with E-state index < -0.39 is 15.8 Å². The smallest absolute Gasteiger partial charge is 0.350 e. The number of amides is 1. The zero-order valence-corrected chi connectivity index (χ0v) is 12.2. The summed E-state index contributed by atoms with van der Waals surface area (Å²) in [6.07, 6.45) is 0.923. The van der Waals surface area contributed by atoms with Crippen LogP contribution in [0.25, 0.3) is 0 Å². The van der Waals surface area contributed by atoms with Gasteiger partial charge in [0.05, 0.1) is 0 Å². The number of alkyl halides is 2. The molecule has 1 atom stereocenters. The number of carbonyl (C=O) groups excluding carboxylic acids is 1. The standard InChI is InChI=1S/C11H21F2N3O3S/c1-8(6-14)10(17)15-7-9-2-4-16(5-3-9)20(18,19)11(12)13/h8-9,11H,2-7,14H2,1H3,(H,15,17). The van der Waals surface area contributed by atoms with Crippen molar-refractivity contribution in [2.45, 2.75) is 25.5 Å². The van der Waals surface area contributed by atoms with Crippen LogP contribution in [0.15, 0.2) is 0 Å². The van der Waals surface area contributed by atoms with Crippen LogP contribution in [-0.4, -0.2) is 50.6 Å². The molecular formula is C11H21F2N3O3S. The van der Waals surface area contributed by atoms with Crippen LogP contribution in [0.5, 0.6) is 0 Å². The third-order valence-electron chi connectivity index (χ3n) is 3.52. The fraction of sp³-hybridized carbons (Fsp3) is 0.909. The summed E-state index contributed by atoms with van der Waals surface area (Å²) in [5.74, 6) is -3.68. The third kappa shape index (κ3) is 4.35.